The van der Waals surface area contributed by atoms with Crippen molar-refractivity contribution in [3.63, 3.8) is 0 Å². The molecule has 0 aliphatic carbocycles. The van der Waals surface area contributed by atoms with Crippen LogP contribution in [-0.2, 0) is 9.59 Å². The maximum absolute atomic E-state index is 13.7. The average Bonchev–Trinajstić information content (AvgIpc) is 2.89. The van der Waals surface area contributed by atoms with Crippen LogP contribution in [0.3, 0.4) is 0 Å². The van der Waals surface area contributed by atoms with Crippen LogP contribution in [0.2, 0.25) is 0 Å². The molecule has 2 aromatic carbocycles. The Bertz CT molecular complexity index is 1110. The molecule has 0 spiro atoms. The van der Waals surface area contributed by atoms with E-state index in [0.29, 0.717) is 32.5 Å². The van der Waals surface area contributed by atoms with E-state index in [2.05, 4.69) is 37.3 Å². The van der Waals surface area contributed by atoms with Crippen molar-refractivity contribution in [3.8, 4) is 5.75 Å². The minimum Gasteiger partial charge on any atom is -0.406 e. The Kier molecular flexibility index (Phi) is 11.4. The Morgan fingerprint density at radius 1 is 0.951 bits per heavy atom. The molecule has 1 heterocycles. The van der Waals surface area contributed by atoms with E-state index in [9.17, 15) is 22.8 Å². The lowest BCUT2D eigenvalue weighted by Crippen LogP contribution is -2.60. The third kappa shape index (κ3) is 9.87. The number of ketones is 1. The number of nitrogens with zero attached hydrogens (tertiary/aromatic N) is 2. The molecule has 1 fully saturated rings. The highest BCUT2D eigenvalue weighted by atomic mass is 19.4. The molecule has 0 radical (unpaired) electrons. The minimum absolute atomic E-state index is 0.0395. The van der Waals surface area contributed by atoms with Crippen molar-refractivity contribution in [2.45, 2.75) is 91.6 Å². The lowest BCUT2D eigenvalue weighted by Gasteiger charge is -2.49. The van der Waals surface area contributed by atoms with Gasteiger partial charge in [0.15, 0.2) is 0 Å². The van der Waals surface area contributed by atoms with Gasteiger partial charge in [0.1, 0.15) is 11.5 Å². The summed E-state index contributed by atoms with van der Waals surface area (Å²) in [5.41, 5.74) is 1.72. The van der Waals surface area contributed by atoms with Gasteiger partial charge >= 0.3 is 6.36 Å². The van der Waals surface area contributed by atoms with E-state index in [0.717, 1.165) is 36.8 Å². The van der Waals surface area contributed by atoms with Crippen LogP contribution in [0.1, 0.15) is 90.3 Å². The first-order valence-corrected chi connectivity index (χ1v) is 14.7. The summed E-state index contributed by atoms with van der Waals surface area (Å²) in [6.07, 6.45) is -0.0393. The van der Waals surface area contributed by atoms with Gasteiger partial charge < -0.3 is 14.4 Å². The van der Waals surface area contributed by atoms with E-state index in [-0.39, 0.29) is 40.9 Å². The maximum atomic E-state index is 13.7. The summed E-state index contributed by atoms with van der Waals surface area (Å²) in [5.74, 6) is 0.364. The van der Waals surface area contributed by atoms with Crippen LogP contribution in [0.25, 0.3) is 0 Å². The third-order valence-electron chi connectivity index (χ3n) is 7.94. The second kappa shape index (κ2) is 14.3. The first-order chi connectivity index (χ1) is 19.3. The Morgan fingerprint density at radius 3 is 2.15 bits per heavy atom. The van der Waals surface area contributed by atoms with Gasteiger partial charge in [-0.1, -0.05) is 83.0 Å². The summed E-state index contributed by atoms with van der Waals surface area (Å²) in [4.78, 5) is 29.6. The molecule has 3 rings (SSSR count). The van der Waals surface area contributed by atoms with Crippen molar-refractivity contribution in [1.29, 1.82) is 0 Å². The number of carbonyl (C=O) groups excluding carboxylic acids is 2. The molecule has 1 amide bonds. The molecule has 1 aliphatic rings. The van der Waals surface area contributed by atoms with Gasteiger partial charge in [0, 0.05) is 38.5 Å². The summed E-state index contributed by atoms with van der Waals surface area (Å²) in [6, 6.07) is 15.8. The van der Waals surface area contributed by atoms with E-state index in [1.807, 2.05) is 35.2 Å². The van der Waals surface area contributed by atoms with Crippen molar-refractivity contribution >= 4 is 11.7 Å². The molecular formula is C33H45F3N2O3. The van der Waals surface area contributed by atoms with Crippen LogP contribution in [0.15, 0.2) is 54.6 Å². The number of rotatable bonds is 12. The van der Waals surface area contributed by atoms with Crippen LogP contribution in [0.4, 0.5) is 13.2 Å². The smallest absolute Gasteiger partial charge is 0.406 e. The largest absolute Gasteiger partial charge is 0.573 e. The predicted molar refractivity (Wildman–Crippen MR) is 155 cm³/mol. The highest BCUT2D eigenvalue weighted by Gasteiger charge is 2.40. The van der Waals surface area contributed by atoms with E-state index < -0.39 is 6.36 Å². The number of benzene rings is 2. The van der Waals surface area contributed by atoms with Gasteiger partial charge in [-0.2, -0.15) is 0 Å². The van der Waals surface area contributed by atoms with Crippen LogP contribution >= 0.6 is 0 Å². The molecule has 0 aromatic heterocycles. The Morgan fingerprint density at radius 2 is 1.59 bits per heavy atom. The second-order valence-electron chi connectivity index (χ2n) is 12.3. The second-order valence-corrected chi connectivity index (χ2v) is 12.3. The molecule has 2 unspecified atom stereocenters. The highest BCUT2D eigenvalue weighted by Crippen LogP contribution is 2.36. The fourth-order valence-corrected chi connectivity index (χ4v) is 5.94. The summed E-state index contributed by atoms with van der Waals surface area (Å²) < 4.78 is 42.4. The van der Waals surface area contributed by atoms with Crippen molar-refractivity contribution in [2.24, 2.45) is 11.3 Å². The number of ether oxygens (including phenoxy) is 1. The zero-order valence-electron chi connectivity index (χ0n) is 25.0. The Labute approximate surface area is 243 Å². The van der Waals surface area contributed by atoms with E-state index >= 15 is 0 Å². The molecular weight excluding hydrogens is 529 g/mol. The van der Waals surface area contributed by atoms with Gasteiger partial charge in [-0.3, -0.25) is 9.69 Å². The van der Waals surface area contributed by atoms with Gasteiger partial charge in [0.2, 0.25) is 5.91 Å². The number of alkyl halides is 3. The van der Waals surface area contributed by atoms with Gasteiger partial charge in [0.05, 0.1) is 6.04 Å². The molecule has 1 aliphatic heterocycles. The van der Waals surface area contributed by atoms with Crippen molar-refractivity contribution in [1.82, 2.24) is 9.80 Å². The van der Waals surface area contributed by atoms with Crippen LogP contribution < -0.4 is 4.74 Å². The van der Waals surface area contributed by atoms with E-state index in [1.165, 1.54) is 12.1 Å². The predicted octanol–water partition coefficient (Wildman–Crippen LogP) is 7.80. The number of hydrogen-bond acceptors (Lipinski definition) is 4. The molecule has 2 aromatic rings. The molecule has 8 heteroatoms. The summed E-state index contributed by atoms with van der Waals surface area (Å²) in [7, 11) is 0. The third-order valence-corrected chi connectivity index (χ3v) is 7.94. The van der Waals surface area contributed by atoms with Crippen LogP contribution in [0.5, 0.6) is 5.75 Å². The summed E-state index contributed by atoms with van der Waals surface area (Å²) >= 11 is 0. The standard InChI is InChI=1S/C33H45F3N2O3/c1-6-11-25(13-10-12-24(2)39)22-30(40)38-21-20-37(23-29(38)32(3,4)5)31(26-14-8-7-9-15-26)27-16-18-28(19-17-27)41-33(34,35)36/h7-9,14-19,25,29,31H,6,10-13,20-23H2,1-5H3/t25?,29-,31?/m1/s1. The van der Waals surface area contributed by atoms with Gasteiger partial charge in [-0.05, 0) is 54.4 Å². The first-order valence-electron chi connectivity index (χ1n) is 14.7. The normalized spacial score (nSPS) is 18.1. The summed E-state index contributed by atoms with van der Waals surface area (Å²) in [6.45, 7) is 12.0. The van der Waals surface area contributed by atoms with E-state index in [1.54, 1.807) is 19.1 Å². The fourth-order valence-electron chi connectivity index (χ4n) is 5.94. The SMILES string of the molecule is CCCC(CCCC(C)=O)CC(=O)N1CCN(C(c2ccccc2)c2ccc(OC(F)(F)F)cc2)C[C@@H]1C(C)(C)C. The molecule has 226 valence electrons. The average molecular weight is 575 g/mol. The van der Waals surface area contributed by atoms with Crippen LogP contribution in [-0.4, -0.2) is 53.5 Å². The number of piperazine rings is 1. The van der Waals surface area contributed by atoms with Crippen molar-refractivity contribution in [3.05, 3.63) is 65.7 Å². The summed E-state index contributed by atoms with van der Waals surface area (Å²) in [5, 5.41) is 0. The number of amides is 1. The Hall–Kier alpha value is -2.87. The first kappa shape index (κ1) is 32.6. The fraction of sp³-hybridized carbons (Fsp3) is 0.576. The monoisotopic (exact) mass is 574 g/mol. The molecule has 0 bridgehead atoms. The van der Waals surface area contributed by atoms with Crippen LogP contribution in [0, 0.1) is 11.3 Å². The quantitative estimate of drug-likeness (QED) is 0.260. The van der Waals surface area contributed by atoms with E-state index in [4.69, 9.17) is 0 Å². The Balaban J connectivity index is 1.83. The van der Waals surface area contributed by atoms with Gasteiger partial charge in [0.25, 0.3) is 0 Å². The van der Waals surface area contributed by atoms with Crippen molar-refractivity contribution in [2.75, 3.05) is 19.6 Å². The van der Waals surface area contributed by atoms with Crippen molar-refractivity contribution < 1.29 is 27.5 Å². The van der Waals surface area contributed by atoms with Gasteiger partial charge in [-0.15, -0.1) is 13.2 Å². The lowest BCUT2D eigenvalue weighted by atomic mass is 9.82. The molecule has 0 N–H and O–H groups in total. The number of carbonyl (C=O) groups is 2. The highest BCUT2D eigenvalue weighted by molar-refractivity contribution is 5.77. The zero-order chi connectivity index (χ0) is 30.2. The molecule has 5 nitrogen and oxygen atoms in total. The number of hydrogen-bond donors (Lipinski definition) is 0. The molecule has 0 saturated carbocycles. The molecule has 41 heavy (non-hydrogen) atoms. The minimum atomic E-state index is -4.74. The molecule has 3 atom stereocenters. The lowest BCUT2D eigenvalue weighted by molar-refractivity contribution is -0.274. The maximum Gasteiger partial charge on any atom is 0.573 e. The topological polar surface area (TPSA) is 49.9 Å². The molecule has 1 saturated heterocycles. The zero-order valence-corrected chi connectivity index (χ0v) is 25.0. The van der Waals surface area contributed by atoms with Gasteiger partial charge in [-0.25, -0.2) is 0 Å². The number of halogens is 3. The number of Topliss-reactive ketones (excluding diaryl/α,β-unsaturated/α-hetero) is 1.